The first kappa shape index (κ1) is 16.4. The van der Waals surface area contributed by atoms with Gasteiger partial charge in [-0.25, -0.2) is 9.78 Å². The standard InChI is InChI=1S/C20H27N3O2/c1-19(2,3)25-18(24)23-12-20(13-23)10-14(11-20)9-16-7-6-15-5-4-8-21-17(15)22-16/h6-7,9H,4-5,8,10-13H2,1-3H3,(H,21,22). The average molecular weight is 341 g/mol. The quantitative estimate of drug-likeness (QED) is 0.843. The minimum absolute atomic E-state index is 0.182. The molecule has 2 fully saturated rings. The number of likely N-dealkylation sites (tertiary alicyclic amines) is 1. The molecule has 1 spiro atoms. The average Bonchev–Trinajstić information content (AvgIpc) is 2.46. The third kappa shape index (κ3) is 3.37. The van der Waals surface area contributed by atoms with Crippen LogP contribution in [0.2, 0.25) is 0 Å². The fraction of sp³-hybridized carbons (Fsp3) is 0.600. The number of carbonyl (C=O) groups is 1. The lowest BCUT2D eigenvalue weighted by atomic mass is 9.60. The third-order valence-corrected chi connectivity index (χ3v) is 5.18. The lowest BCUT2D eigenvalue weighted by Crippen LogP contribution is -2.62. The predicted molar refractivity (Wildman–Crippen MR) is 98.5 cm³/mol. The fourth-order valence-electron chi connectivity index (χ4n) is 4.09. The van der Waals surface area contributed by atoms with Crippen molar-refractivity contribution in [2.24, 2.45) is 5.41 Å². The first-order valence-electron chi connectivity index (χ1n) is 9.23. The summed E-state index contributed by atoms with van der Waals surface area (Å²) in [5.41, 5.74) is 3.67. The topological polar surface area (TPSA) is 54.5 Å². The molecule has 25 heavy (non-hydrogen) atoms. The molecule has 1 N–H and O–H groups in total. The number of rotatable bonds is 1. The minimum Gasteiger partial charge on any atom is -0.444 e. The number of allylic oxidation sites excluding steroid dienone is 1. The van der Waals surface area contributed by atoms with Crippen LogP contribution in [0.4, 0.5) is 10.6 Å². The van der Waals surface area contributed by atoms with Crippen molar-refractivity contribution in [1.82, 2.24) is 9.88 Å². The van der Waals surface area contributed by atoms with E-state index in [9.17, 15) is 4.79 Å². The van der Waals surface area contributed by atoms with Crippen LogP contribution in [0, 0.1) is 5.41 Å². The molecular weight excluding hydrogens is 314 g/mol. The van der Waals surface area contributed by atoms with Gasteiger partial charge in [0, 0.05) is 25.0 Å². The van der Waals surface area contributed by atoms with Crippen LogP contribution in [-0.4, -0.2) is 41.2 Å². The van der Waals surface area contributed by atoms with Crippen LogP contribution in [0.15, 0.2) is 17.7 Å². The number of ether oxygens (including phenoxy) is 1. The molecule has 134 valence electrons. The monoisotopic (exact) mass is 341 g/mol. The van der Waals surface area contributed by atoms with Crippen molar-refractivity contribution in [3.63, 3.8) is 0 Å². The second kappa shape index (κ2) is 5.75. The molecule has 3 heterocycles. The number of aryl methyl sites for hydroxylation is 1. The van der Waals surface area contributed by atoms with E-state index in [0.29, 0.717) is 0 Å². The number of hydrogen-bond donors (Lipinski definition) is 1. The van der Waals surface area contributed by atoms with Gasteiger partial charge in [-0.1, -0.05) is 11.6 Å². The second-order valence-electron chi connectivity index (χ2n) is 8.77. The Labute approximate surface area is 149 Å². The molecule has 3 aliphatic rings. The summed E-state index contributed by atoms with van der Waals surface area (Å²) in [5, 5.41) is 3.39. The summed E-state index contributed by atoms with van der Waals surface area (Å²) < 4.78 is 5.43. The molecule has 0 atom stereocenters. The molecule has 0 radical (unpaired) electrons. The summed E-state index contributed by atoms with van der Waals surface area (Å²) in [4.78, 5) is 18.6. The molecule has 4 rings (SSSR count). The van der Waals surface area contributed by atoms with Crippen molar-refractivity contribution in [3.05, 3.63) is 29.0 Å². The Hall–Kier alpha value is -2.04. The Bertz CT molecular complexity index is 717. The SMILES string of the molecule is CC(C)(C)OC(=O)N1CC2(CC(=Cc3ccc4c(n3)NCCC4)C2)C1. The van der Waals surface area contributed by atoms with Crippen LogP contribution in [-0.2, 0) is 11.2 Å². The molecule has 1 saturated heterocycles. The van der Waals surface area contributed by atoms with E-state index in [2.05, 4.69) is 23.5 Å². The van der Waals surface area contributed by atoms with Gasteiger partial charge in [0.25, 0.3) is 0 Å². The van der Waals surface area contributed by atoms with Gasteiger partial charge in [-0.3, -0.25) is 0 Å². The number of aromatic nitrogens is 1. The first-order valence-corrected chi connectivity index (χ1v) is 9.23. The van der Waals surface area contributed by atoms with Gasteiger partial charge >= 0.3 is 6.09 Å². The van der Waals surface area contributed by atoms with E-state index in [1.807, 2.05) is 25.7 Å². The van der Waals surface area contributed by atoms with Gasteiger partial charge in [-0.15, -0.1) is 0 Å². The summed E-state index contributed by atoms with van der Waals surface area (Å²) >= 11 is 0. The van der Waals surface area contributed by atoms with E-state index in [0.717, 1.165) is 50.4 Å². The lowest BCUT2D eigenvalue weighted by Gasteiger charge is -2.56. The van der Waals surface area contributed by atoms with Crippen molar-refractivity contribution in [3.8, 4) is 0 Å². The minimum atomic E-state index is -0.420. The number of nitrogens with one attached hydrogen (secondary N) is 1. The van der Waals surface area contributed by atoms with Gasteiger partial charge in [-0.05, 0) is 64.2 Å². The predicted octanol–water partition coefficient (Wildman–Crippen LogP) is 3.85. The van der Waals surface area contributed by atoms with Gasteiger partial charge in [0.2, 0.25) is 0 Å². The number of nitrogens with zero attached hydrogens (tertiary/aromatic N) is 2. The molecule has 1 aliphatic carbocycles. The molecule has 1 amide bonds. The maximum absolute atomic E-state index is 12.0. The van der Waals surface area contributed by atoms with Crippen molar-refractivity contribution in [2.45, 2.75) is 52.1 Å². The molecule has 0 aromatic carbocycles. The molecule has 1 saturated carbocycles. The Morgan fingerprint density at radius 2 is 2.08 bits per heavy atom. The van der Waals surface area contributed by atoms with Crippen LogP contribution in [0.5, 0.6) is 0 Å². The van der Waals surface area contributed by atoms with E-state index in [-0.39, 0.29) is 11.5 Å². The highest BCUT2D eigenvalue weighted by atomic mass is 16.6. The maximum Gasteiger partial charge on any atom is 0.410 e. The van der Waals surface area contributed by atoms with E-state index in [1.165, 1.54) is 17.6 Å². The Kier molecular flexibility index (Phi) is 3.78. The van der Waals surface area contributed by atoms with Crippen molar-refractivity contribution >= 4 is 18.0 Å². The molecule has 5 heteroatoms. The highest BCUT2D eigenvalue weighted by Gasteiger charge is 2.52. The zero-order chi connectivity index (χ0) is 17.7. The molecule has 5 nitrogen and oxygen atoms in total. The highest BCUT2D eigenvalue weighted by Crippen LogP contribution is 2.52. The van der Waals surface area contributed by atoms with Gasteiger partial charge in [0.05, 0.1) is 5.69 Å². The van der Waals surface area contributed by atoms with Gasteiger partial charge in [0.15, 0.2) is 0 Å². The number of amides is 1. The number of fused-ring (bicyclic) bond motifs is 1. The summed E-state index contributed by atoms with van der Waals surface area (Å²) in [7, 11) is 0. The molecule has 1 aromatic rings. The first-order chi connectivity index (χ1) is 11.8. The normalized spacial score (nSPS) is 20.9. The highest BCUT2D eigenvalue weighted by molar-refractivity contribution is 5.70. The molecule has 1 aromatic heterocycles. The van der Waals surface area contributed by atoms with E-state index in [4.69, 9.17) is 9.72 Å². The van der Waals surface area contributed by atoms with E-state index >= 15 is 0 Å². The van der Waals surface area contributed by atoms with Gasteiger partial charge < -0.3 is 15.0 Å². The van der Waals surface area contributed by atoms with E-state index < -0.39 is 5.60 Å². The Morgan fingerprint density at radius 1 is 1.32 bits per heavy atom. The zero-order valence-electron chi connectivity index (χ0n) is 15.4. The van der Waals surface area contributed by atoms with Crippen LogP contribution < -0.4 is 5.32 Å². The Balaban J connectivity index is 1.32. The number of anilines is 1. The third-order valence-electron chi connectivity index (χ3n) is 5.18. The molecule has 0 bridgehead atoms. The smallest absolute Gasteiger partial charge is 0.410 e. The maximum atomic E-state index is 12.0. The summed E-state index contributed by atoms with van der Waals surface area (Å²) in [6, 6.07) is 4.32. The van der Waals surface area contributed by atoms with Crippen molar-refractivity contribution < 1.29 is 9.53 Å². The largest absolute Gasteiger partial charge is 0.444 e. The lowest BCUT2D eigenvalue weighted by molar-refractivity contribution is -0.0498. The summed E-state index contributed by atoms with van der Waals surface area (Å²) in [6.07, 6.45) is 6.48. The molecular formula is C20H27N3O2. The number of pyridine rings is 1. The van der Waals surface area contributed by atoms with Crippen molar-refractivity contribution in [1.29, 1.82) is 0 Å². The second-order valence-corrected chi connectivity index (χ2v) is 8.77. The van der Waals surface area contributed by atoms with Gasteiger partial charge in [0.1, 0.15) is 11.4 Å². The van der Waals surface area contributed by atoms with Crippen LogP contribution in [0.1, 0.15) is 51.3 Å². The van der Waals surface area contributed by atoms with E-state index in [1.54, 1.807) is 0 Å². The fourth-order valence-corrected chi connectivity index (χ4v) is 4.09. The van der Waals surface area contributed by atoms with Crippen LogP contribution in [0.3, 0.4) is 0 Å². The Morgan fingerprint density at radius 3 is 2.80 bits per heavy atom. The molecule has 0 unspecified atom stereocenters. The zero-order valence-corrected chi connectivity index (χ0v) is 15.4. The summed E-state index contributed by atoms with van der Waals surface area (Å²) in [5.74, 6) is 1.05. The number of hydrogen-bond acceptors (Lipinski definition) is 4. The van der Waals surface area contributed by atoms with Crippen molar-refractivity contribution in [2.75, 3.05) is 25.0 Å². The van der Waals surface area contributed by atoms with Crippen LogP contribution in [0.25, 0.3) is 6.08 Å². The molecule has 2 aliphatic heterocycles. The summed E-state index contributed by atoms with van der Waals surface area (Å²) in [6.45, 7) is 8.38. The van der Waals surface area contributed by atoms with Crippen LogP contribution >= 0.6 is 0 Å². The van der Waals surface area contributed by atoms with Gasteiger partial charge in [-0.2, -0.15) is 0 Å². The number of carbonyl (C=O) groups excluding carboxylic acids is 1.